The Hall–Kier alpha value is -1.42. The van der Waals surface area contributed by atoms with Gasteiger partial charge in [0.2, 0.25) is 5.91 Å². The molecule has 0 fully saturated rings. The minimum atomic E-state index is -0.384. The average molecular weight is 281 g/mol. The van der Waals surface area contributed by atoms with Crippen molar-refractivity contribution in [2.45, 2.75) is 45.6 Å². The van der Waals surface area contributed by atoms with Gasteiger partial charge in [-0.25, -0.2) is 4.39 Å². The second kappa shape index (κ2) is 8.00. The van der Waals surface area contributed by atoms with E-state index in [9.17, 15) is 14.3 Å². The lowest BCUT2D eigenvalue weighted by molar-refractivity contribution is -0.121. The van der Waals surface area contributed by atoms with Crippen LogP contribution in [0.15, 0.2) is 24.3 Å². The third-order valence-electron chi connectivity index (χ3n) is 3.46. The van der Waals surface area contributed by atoms with Crippen LogP contribution >= 0.6 is 0 Å². The Balaban J connectivity index is 2.33. The number of hydrogen-bond acceptors (Lipinski definition) is 2. The van der Waals surface area contributed by atoms with Gasteiger partial charge >= 0.3 is 0 Å². The van der Waals surface area contributed by atoms with Gasteiger partial charge in [0.1, 0.15) is 5.82 Å². The average Bonchev–Trinajstić information content (AvgIpc) is 2.39. The van der Waals surface area contributed by atoms with Crippen LogP contribution in [0.5, 0.6) is 0 Å². The molecule has 0 radical (unpaired) electrons. The van der Waals surface area contributed by atoms with Crippen molar-refractivity contribution in [3.63, 3.8) is 0 Å². The highest BCUT2D eigenvalue weighted by molar-refractivity contribution is 5.76. The van der Waals surface area contributed by atoms with E-state index in [1.165, 1.54) is 12.1 Å². The van der Waals surface area contributed by atoms with Gasteiger partial charge in [0.05, 0.1) is 6.10 Å². The van der Waals surface area contributed by atoms with E-state index >= 15 is 0 Å². The van der Waals surface area contributed by atoms with E-state index in [0.29, 0.717) is 19.4 Å². The minimum Gasteiger partial charge on any atom is -0.393 e. The van der Waals surface area contributed by atoms with Gasteiger partial charge in [0.25, 0.3) is 0 Å². The first-order chi connectivity index (χ1) is 9.40. The molecule has 0 saturated heterocycles. The first-order valence-electron chi connectivity index (χ1n) is 7.10. The maximum absolute atomic E-state index is 12.8. The number of benzene rings is 1. The molecule has 0 aliphatic heterocycles. The van der Waals surface area contributed by atoms with Gasteiger partial charge in [-0.2, -0.15) is 0 Å². The summed E-state index contributed by atoms with van der Waals surface area (Å²) in [7, 11) is 0. The summed E-state index contributed by atoms with van der Waals surface area (Å²) in [5, 5.41) is 12.4. The highest BCUT2D eigenvalue weighted by Gasteiger charge is 2.13. The fraction of sp³-hybridized carbons (Fsp3) is 0.562. The summed E-state index contributed by atoms with van der Waals surface area (Å²) in [5.74, 6) is -0.0680. The molecule has 2 N–H and O–H groups in total. The third-order valence-corrected chi connectivity index (χ3v) is 3.46. The standard InChI is InChI=1S/C16H24FNO2/c1-11(2)15(19)8-9-18-16(20)10-12(3)13-4-6-14(17)7-5-13/h4-7,11-12,15,19H,8-10H2,1-3H3,(H,18,20)/t12-,15-/m0/s1. The van der Waals surface area contributed by atoms with Crippen LogP contribution in [0.4, 0.5) is 4.39 Å². The molecule has 4 heteroatoms. The molecule has 1 rings (SSSR count). The monoisotopic (exact) mass is 281 g/mol. The summed E-state index contributed by atoms with van der Waals surface area (Å²) < 4.78 is 12.8. The molecule has 0 saturated carbocycles. The Bertz CT molecular complexity index is 417. The fourth-order valence-corrected chi connectivity index (χ4v) is 1.95. The van der Waals surface area contributed by atoms with Gasteiger partial charge in [-0.1, -0.05) is 32.9 Å². The Morgan fingerprint density at radius 2 is 1.85 bits per heavy atom. The molecule has 1 aromatic rings. The summed E-state index contributed by atoms with van der Waals surface area (Å²) in [5.41, 5.74) is 0.948. The Kier molecular flexibility index (Phi) is 6.65. The molecule has 112 valence electrons. The topological polar surface area (TPSA) is 49.3 Å². The highest BCUT2D eigenvalue weighted by atomic mass is 19.1. The summed E-state index contributed by atoms with van der Waals surface area (Å²) in [6.07, 6.45) is 0.544. The van der Waals surface area contributed by atoms with Gasteiger partial charge in [-0.05, 0) is 36.0 Å². The molecular weight excluding hydrogens is 257 g/mol. The molecule has 0 aliphatic rings. The van der Waals surface area contributed by atoms with Gasteiger partial charge in [-0.15, -0.1) is 0 Å². The van der Waals surface area contributed by atoms with Crippen LogP contribution < -0.4 is 5.32 Å². The van der Waals surface area contributed by atoms with E-state index in [0.717, 1.165) is 5.56 Å². The van der Waals surface area contributed by atoms with E-state index in [1.807, 2.05) is 20.8 Å². The maximum Gasteiger partial charge on any atom is 0.220 e. The first kappa shape index (κ1) is 16.6. The molecule has 1 amide bonds. The highest BCUT2D eigenvalue weighted by Crippen LogP contribution is 2.19. The van der Waals surface area contributed by atoms with E-state index in [4.69, 9.17) is 0 Å². The number of nitrogens with one attached hydrogen (secondary N) is 1. The van der Waals surface area contributed by atoms with Crippen molar-refractivity contribution in [1.82, 2.24) is 5.32 Å². The van der Waals surface area contributed by atoms with Crippen molar-refractivity contribution in [2.24, 2.45) is 5.92 Å². The molecule has 0 bridgehead atoms. The number of carbonyl (C=O) groups is 1. The van der Waals surface area contributed by atoms with Gasteiger partial charge in [0, 0.05) is 13.0 Å². The zero-order valence-corrected chi connectivity index (χ0v) is 12.4. The van der Waals surface area contributed by atoms with Crippen molar-refractivity contribution < 1.29 is 14.3 Å². The van der Waals surface area contributed by atoms with E-state index < -0.39 is 0 Å². The molecular formula is C16H24FNO2. The third kappa shape index (κ3) is 5.70. The Labute approximate surface area is 120 Å². The second-order valence-electron chi connectivity index (χ2n) is 5.61. The number of aliphatic hydroxyl groups is 1. The van der Waals surface area contributed by atoms with Crippen LogP contribution in [-0.2, 0) is 4.79 Å². The van der Waals surface area contributed by atoms with E-state index in [-0.39, 0.29) is 29.7 Å². The van der Waals surface area contributed by atoms with Crippen LogP contribution in [0.3, 0.4) is 0 Å². The lowest BCUT2D eigenvalue weighted by Crippen LogP contribution is -2.29. The summed E-state index contributed by atoms with van der Waals surface area (Å²) in [6.45, 7) is 6.32. The predicted molar refractivity (Wildman–Crippen MR) is 77.9 cm³/mol. The van der Waals surface area contributed by atoms with Crippen LogP contribution in [0, 0.1) is 11.7 Å². The second-order valence-corrected chi connectivity index (χ2v) is 5.61. The summed E-state index contributed by atoms with van der Waals surface area (Å²) in [6, 6.07) is 6.22. The van der Waals surface area contributed by atoms with Crippen molar-refractivity contribution in [3.05, 3.63) is 35.6 Å². The smallest absolute Gasteiger partial charge is 0.220 e. The quantitative estimate of drug-likeness (QED) is 0.807. The van der Waals surface area contributed by atoms with E-state index in [2.05, 4.69) is 5.32 Å². The lowest BCUT2D eigenvalue weighted by Gasteiger charge is -2.15. The minimum absolute atomic E-state index is 0.0437. The fourth-order valence-electron chi connectivity index (χ4n) is 1.95. The molecule has 3 nitrogen and oxygen atoms in total. The Morgan fingerprint density at radius 3 is 2.40 bits per heavy atom. The Morgan fingerprint density at radius 1 is 1.25 bits per heavy atom. The molecule has 0 aliphatic carbocycles. The number of rotatable bonds is 7. The predicted octanol–water partition coefficient (Wildman–Crippen LogP) is 2.84. The molecule has 2 atom stereocenters. The van der Waals surface area contributed by atoms with Crippen molar-refractivity contribution in [3.8, 4) is 0 Å². The number of aliphatic hydroxyl groups excluding tert-OH is 1. The zero-order chi connectivity index (χ0) is 15.1. The normalized spacial score (nSPS) is 14.1. The number of amides is 1. The molecule has 0 aromatic heterocycles. The molecule has 0 spiro atoms. The SMILES string of the molecule is CC(C)[C@@H](O)CCNC(=O)C[C@H](C)c1ccc(F)cc1. The maximum atomic E-state index is 12.8. The van der Waals surface area contributed by atoms with Gasteiger partial charge in [0.15, 0.2) is 0 Å². The van der Waals surface area contributed by atoms with Crippen molar-refractivity contribution >= 4 is 5.91 Å². The largest absolute Gasteiger partial charge is 0.393 e. The molecule has 20 heavy (non-hydrogen) atoms. The lowest BCUT2D eigenvalue weighted by atomic mass is 9.97. The van der Waals surface area contributed by atoms with Crippen LogP contribution in [0.2, 0.25) is 0 Å². The van der Waals surface area contributed by atoms with Gasteiger partial charge in [-0.3, -0.25) is 4.79 Å². The number of halogens is 1. The zero-order valence-electron chi connectivity index (χ0n) is 12.4. The summed E-state index contributed by atoms with van der Waals surface area (Å²) >= 11 is 0. The van der Waals surface area contributed by atoms with Crippen LogP contribution in [0.1, 0.15) is 45.1 Å². The van der Waals surface area contributed by atoms with Crippen LogP contribution in [-0.4, -0.2) is 23.7 Å². The number of carbonyl (C=O) groups excluding carboxylic acids is 1. The number of hydrogen-bond donors (Lipinski definition) is 2. The molecule has 0 unspecified atom stereocenters. The van der Waals surface area contributed by atoms with Crippen molar-refractivity contribution in [1.29, 1.82) is 0 Å². The van der Waals surface area contributed by atoms with Crippen molar-refractivity contribution in [2.75, 3.05) is 6.54 Å². The molecule has 0 heterocycles. The molecule has 1 aromatic carbocycles. The van der Waals surface area contributed by atoms with Crippen LogP contribution in [0.25, 0.3) is 0 Å². The van der Waals surface area contributed by atoms with Gasteiger partial charge < -0.3 is 10.4 Å². The van der Waals surface area contributed by atoms with E-state index in [1.54, 1.807) is 12.1 Å². The first-order valence-corrected chi connectivity index (χ1v) is 7.10. The summed E-state index contributed by atoms with van der Waals surface area (Å²) in [4.78, 5) is 11.8.